The zero-order chi connectivity index (χ0) is 29.7. The lowest BCUT2D eigenvalue weighted by atomic mass is 9.85. The Labute approximate surface area is 244 Å². The number of esters is 1. The van der Waals surface area contributed by atoms with E-state index >= 15 is 0 Å². The molecule has 0 spiro atoms. The van der Waals surface area contributed by atoms with Gasteiger partial charge in [0.25, 0.3) is 5.91 Å². The predicted octanol–water partition coefficient (Wildman–Crippen LogP) is 4.06. The number of hydrogen-bond acceptors (Lipinski definition) is 7. The van der Waals surface area contributed by atoms with E-state index in [9.17, 15) is 19.2 Å². The molecule has 4 rings (SSSR count). The van der Waals surface area contributed by atoms with Gasteiger partial charge in [-0.1, -0.05) is 56.6 Å². The van der Waals surface area contributed by atoms with E-state index in [1.54, 1.807) is 37.3 Å². The molecule has 41 heavy (non-hydrogen) atoms. The first-order valence-corrected chi connectivity index (χ1v) is 14.1. The minimum Gasteiger partial charge on any atom is -0.456 e. The summed E-state index contributed by atoms with van der Waals surface area (Å²) in [6, 6.07) is 11.6. The van der Waals surface area contributed by atoms with Gasteiger partial charge in [0.05, 0.1) is 17.0 Å². The van der Waals surface area contributed by atoms with Crippen LogP contribution in [0.5, 0.6) is 11.5 Å². The van der Waals surface area contributed by atoms with Crippen molar-refractivity contribution in [1.82, 2.24) is 15.5 Å². The summed E-state index contributed by atoms with van der Waals surface area (Å²) < 4.78 is 16.4. The van der Waals surface area contributed by atoms with Crippen molar-refractivity contribution in [2.24, 2.45) is 5.41 Å². The molecule has 0 radical (unpaired) electrons. The van der Waals surface area contributed by atoms with Gasteiger partial charge in [-0.25, -0.2) is 0 Å². The van der Waals surface area contributed by atoms with Crippen LogP contribution in [0.1, 0.15) is 57.3 Å². The molecule has 2 aromatic carbocycles. The lowest BCUT2D eigenvalue weighted by Crippen LogP contribution is -2.58. The van der Waals surface area contributed by atoms with E-state index in [1.165, 1.54) is 4.90 Å². The van der Waals surface area contributed by atoms with Gasteiger partial charge in [-0.2, -0.15) is 0 Å². The molecule has 2 aliphatic heterocycles. The zero-order valence-electron chi connectivity index (χ0n) is 23.6. The van der Waals surface area contributed by atoms with Gasteiger partial charge >= 0.3 is 5.97 Å². The van der Waals surface area contributed by atoms with Gasteiger partial charge in [0, 0.05) is 13.2 Å². The largest absolute Gasteiger partial charge is 0.456 e. The van der Waals surface area contributed by atoms with Crippen molar-refractivity contribution >= 4 is 35.3 Å². The van der Waals surface area contributed by atoms with Crippen molar-refractivity contribution < 1.29 is 33.4 Å². The van der Waals surface area contributed by atoms with Gasteiger partial charge in [0.1, 0.15) is 29.6 Å². The van der Waals surface area contributed by atoms with Crippen LogP contribution in [0.25, 0.3) is 0 Å². The normalized spacial score (nSPS) is 21.2. The molecule has 2 N–H and O–H groups in total. The van der Waals surface area contributed by atoms with Crippen LogP contribution >= 0.6 is 11.6 Å². The lowest BCUT2D eigenvalue weighted by Gasteiger charge is -2.35. The van der Waals surface area contributed by atoms with Crippen LogP contribution in [0.3, 0.4) is 0 Å². The van der Waals surface area contributed by atoms with Crippen LogP contribution < -0.4 is 15.4 Å². The minimum atomic E-state index is -0.953. The maximum Gasteiger partial charge on any atom is 0.310 e. The van der Waals surface area contributed by atoms with Gasteiger partial charge in [0.15, 0.2) is 0 Å². The van der Waals surface area contributed by atoms with Gasteiger partial charge < -0.3 is 29.7 Å². The average Bonchev–Trinajstić information content (AvgIpc) is 3.55. The van der Waals surface area contributed by atoms with Crippen LogP contribution in [0.2, 0.25) is 5.02 Å². The molecule has 10 nitrogen and oxygen atoms in total. The number of carbonyl (C=O) groups excluding carboxylic acids is 4. The van der Waals surface area contributed by atoms with Gasteiger partial charge in [0.2, 0.25) is 18.1 Å². The van der Waals surface area contributed by atoms with Crippen LogP contribution in [-0.4, -0.2) is 66.2 Å². The lowest BCUT2D eigenvalue weighted by molar-refractivity contribution is -0.164. The molecular formula is C30H36ClN3O7. The van der Waals surface area contributed by atoms with Crippen molar-refractivity contribution in [2.45, 2.75) is 71.4 Å². The van der Waals surface area contributed by atoms with E-state index in [1.807, 2.05) is 39.0 Å². The minimum absolute atomic E-state index is 0.00838. The number of nitrogens with one attached hydrogen (secondary N) is 2. The number of benzene rings is 2. The van der Waals surface area contributed by atoms with Crippen molar-refractivity contribution in [3.05, 3.63) is 59.1 Å². The second-order valence-electron chi connectivity index (χ2n) is 11.1. The van der Waals surface area contributed by atoms with E-state index in [4.69, 9.17) is 25.8 Å². The van der Waals surface area contributed by atoms with E-state index in [0.29, 0.717) is 37.5 Å². The third kappa shape index (κ3) is 7.18. The summed E-state index contributed by atoms with van der Waals surface area (Å²) in [7, 11) is 0. The third-order valence-corrected chi connectivity index (χ3v) is 7.42. The number of amides is 3. The number of likely N-dealkylation sites (tertiary alicyclic amines) is 1. The third-order valence-electron chi connectivity index (χ3n) is 7.03. The topological polar surface area (TPSA) is 123 Å². The summed E-state index contributed by atoms with van der Waals surface area (Å²) >= 11 is 6.57. The highest BCUT2D eigenvalue weighted by Gasteiger charge is 2.44. The molecule has 2 saturated heterocycles. The first-order valence-electron chi connectivity index (χ1n) is 13.7. The number of nitrogens with zero attached hydrogens (tertiary/aromatic N) is 1. The summed E-state index contributed by atoms with van der Waals surface area (Å²) in [6.45, 7) is 7.96. The Kier molecular flexibility index (Phi) is 9.55. The molecule has 0 aromatic heterocycles. The molecule has 220 valence electrons. The molecule has 11 heteroatoms. The Bertz CT molecular complexity index is 1280. The fraction of sp³-hybridized carbons (Fsp3) is 0.467. The van der Waals surface area contributed by atoms with Crippen LogP contribution in [0.4, 0.5) is 0 Å². The van der Waals surface area contributed by atoms with Gasteiger partial charge in [-0.15, -0.1) is 0 Å². The molecule has 2 fully saturated rings. The van der Waals surface area contributed by atoms with Crippen LogP contribution in [0, 0.1) is 5.41 Å². The van der Waals surface area contributed by atoms with Crippen molar-refractivity contribution in [2.75, 3.05) is 13.2 Å². The van der Waals surface area contributed by atoms with Crippen molar-refractivity contribution in [3.63, 3.8) is 0 Å². The number of hydrogen-bond donors (Lipinski definition) is 2. The van der Waals surface area contributed by atoms with Crippen LogP contribution in [-0.2, 0) is 23.9 Å². The highest BCUT2D eigenvalue weighted by Crippen LogP contribution is 2.33. The standard InChI is InChI=1S/C30H36ClN3O7/c1-5-39-29-20(17-23(35)41-29)32-27(37)21-14-10-16-34(21)28(38)25(30(2,3)4)33-26(36)19-13-9-15-22(24(19)31)40-18-11-7-6-8-12-18/h6-9,11-13,15,20-21,25,29H,5,10,14,16-17H2,1-4H3,(H,32,37)(H,33,36)/t20-,21-,25+,29+/m0/s1. The summed E-state index contributed by atoms with van der Waals surface area (Å²) in [6.07, 6.45) is 0.198. The van der Waals surface area contributed by atoms with E-state index < -0.39 is 47.6 Å². The molecular weight excluding hydrogens is 550 g/mol. The Morgan fingerprint density at radius 1 is 1.12 bits per heavy atom. The monoisotopic (exact) mass is 585 g/mol. The summed E-state index contributed by atoms with van der Waals surface area (Å²) in [5.74, 6) is -0.897. The average molecular weight is 586 g/mol. The Morgan fingerprint density at radius 3 is 2.54 bits per heavy atom. The summed E-state index contributed by atoms with van der Waals surface area (Å²) in [5.41, 5.74) is -0.530. The second kappa shape index (κ2) is 12.9. The molecule has 4 atom stereocenters. The first-order chi connectivity index (χ1) is 19.5. The molecule has 2 heterocycles. The molecule has 0 bridgehead atoms. The Balaban J connectivity index is 1.49. The molecule has 3 amide bonds. The fourth-order valence-corrected chi connectivity index (χ4v) is 5.21. The van der Waals surface area contributed by atoms with E-state index in [0.717, 1.165) is 0 Å². The number of ether oxygens (including phenoxy) is 3. The number of halogens is 1. The van der Waals surface area contributed by atoms with E-state index in [-0.39, 0.29) is 22.9 Å². The zero-order valence-corrected chi connectivity index (χ0v) is 24.4. The molecule has 2 aliphatic rings. The van der Waals surface area contributed by atoms with Gasteiger partial charge in [-0.05, 0) is 49.4 Å². The van der Waals surface area contributed by atoms with Gasteiger partial charge in [-0.3, -0.25) is 19.2 Å². The number of cyclic esters (lactones) is 1. The summed E-state index contributed by atoms with van der Waals surface area (Å²) in [5, 5.41) is 5.80. The number of carbonyl (C=O) groups is 4. The Morgan fingerprint density at radius 2 is 1.85 bits per heavy atom. The first kappa shape index (κ1) is 30.3. The maximum atomic E-state index is 13.9. The van der Waals surface area contributed by atoms with Crippen molar-refractivity contribution in [3.8, 4) is 11.5 Å². The highest BCUT2D eigenvalue weighted by atomic mass is 35.5. The maximum absolute atomic E-state index is 13.9. The molecule has 2 aromatic rings. The highest BCUT2D eigenvalue weighted by molar-refractivity contribution is 6.35. The quantitative estimate of drug-likeness (QED) is 0.425. The van der Waals surface area contributed by atoms with E-state index in [2.05, 4.69) is 10.6 Å². The van der Waals surface area contributed by atoms with Crippen molar-refractivity contribution in [1.29, 1.82) is 0 Å². The second-order valence-corrected chi connectivity index (χ2v) is 11.5. The fourth-order valence-electron chi connectivity index (χ4n) is 4.95. The molecule has 0 saturated carbocycles. The molecule has 0 unspecified atom stereocenters. The smallest absolute Gasteiger partial charge is 0.310 e. The summed E-state index contributed by atoms with van der Waals surface area (Å²) in [4.78, 5) is 53.9. The SMILES string of the molecule is CCO[C@@H]1OC(=O)C[C@@H]1NC(=O)[C@@H]1CCCN1C(=O)[C@@H](NC(=O)c1cccc(Oc2ccccc2)c1Cl)C(C)(C)C. The van der Waals surface area contributed by atoms with Crippen LogP contribution in [0.15, 0.2) is 48.5 Å². The number of rotatable bonds is 9. The number of para-hydroxylation sites is 1. The Hall–Kier alpha value is -3.63. The molecule has 0 aliphatic carbocycles. The predicted molar refractivity (Wildman–Crippen MR) is 151 cm³/mol.